The number of nitrogens with one attached hydrogen (secondary N) is 2. The minimum Gasteiger partial charge on any atom is -0.399 e. The lowest BCUT2D eigenvalue weighted by molar-refractivity contribution is -0.117. The molecular weight excluding hydrogens is 204 g/mol. The number of rotatable bonds is 0. The molecule has 5 nitrogen and oxygen atoms in total. The Morgan fingerprint density at radius 2 is 2.31 bits per heavy atom. The summed E-state index contributed by atoms with van der Waals surface area (Å²) < 4.78 is 0. The lowest BCUT2D eigenvalue weighted by atomic mass is 10.1. The summed E-state index contributed by atoms with van der Waals surface area (Å²) >= 11 is 0. The van der Waals surface area contributed by atoms with E-state index in [-0.39, 0.29) is 11.9 Å². The molecule has 0 radical (unpaired) electrons. The van der Waals surface area contributed by atoms with Gasteiger partial charge in [0.2, 0.25) is 5.91 Å². The first-order valence-corrected chi connectivity index (χ1v) is 5.43. The fourth-order valence-corrected chi connectivity index (χ4v) is 2.35. The number of hydrogen-bond donors (Lipinski definition) is 3. The van der Waals surface area contributed by atoms with E-state index in [9.17, 15) is 4.79 Å². The quantitative estimate of drug-likeness (QED) is 0.536. The summed E-state index contributed by atoms with van der Waals surface area (Å²) in [7, 11) is 0. The Morgan fingerprint density at radius 1 is 1.44 bits per heavy atom. The topological polar surface area (TPSA) is 70.4 Å². The van der Waals surface area contributed by atoms with Crippen molar-refractivity contribution in [1.29, 1.82) is 0 Å². The number of fused-ring (bicyclic) bond motifs is 3. The van der Waals surface area contributed by atoms with Crippen molar-refractivity contribution in [2.45, 2.75) is 6.04 Å². The van der Waals surface area contributed by atoms with E-state index in [0.29, 0.717) is 12.2 Å². The molecule has 84 valence electrons. The van der Waals surface area contributed by atoms with Crippen LogP contribution in [0.5, 0.6) is 0 Å². The molecule has 1 unspecified atom stereocenters. The SMILES string of the molecule is Nc1ccc2c(c1)NC(=O)C1CNCCN21. The van der Waals surface area contributed by atoms with E-state index in [1.807, 2.05) is 18.2 Å². The highest BCUT2D eigenvalue weighted by atomic mass is 16.2. The van der Waals surface area contributed by atoms with Gasteiger partial charge >= 0.3 is 0 Å². The predicted molar refractivity (Wildman–Crippen MR) is 63.5 cm³/mol. The number of nitrogen functional groups attached to an aromatic ring is 1. The minimum atomic E-state index is -0.0927. The molecule has 2 aliphatic heterocycles. The van der Waals surface area contributed by atoms with Crippen LogP contribution in [0.2, 0.25) is 0 Å². The molecule has 2 aliphatic rings. The van der Waals surface area contributed by atoms with E-state index < -0.39 is 0 Å². The summed E-state index contributed by atoms with van der Waals surface area (Å²) in [6, 6.07) is 5.56. The molecule has 0 bridgehead atoms. The zero-order valence-corrected chi connectivity index (χ0v) is 8.86. The molecule has 1 amide bonds. The van der Waals surface area contributed by atoms with Crippen molar-refractivity contribution in [2.75, 3.05) is 35.6 Å². The summed E-state index contributed by atoms with van der Waals surface area (Å²) in [6.45, 7) is 2.47. The molecule has 0 saturated carbocycles. The van der Waals surface area contributed by atoms with Crippen molar-refractivity contribution in [2.24, 2.45) is 0 Å². The first-order chi connectivity index (χ1) is 7.75. The van der Waals surface area contributed by atoms with E-state index in [0.717, 1.165) is 24.5 Å². The second-order valence-electron chi connectivity index (χ2n) is 4.18. The van der Waals surface area contributed by atoms with Crippen molar-refractivity contribution in [3.8, 4) is 0 Å². The maximum atomic E-state index is 11.9. The number of amides is 1. The van der Waals surface area contributed by atoms with Crippen LogP contribution in [-0.2, 0) is 4.79 Å². The zero-order valence-electron chi connectivity index (χ0n) is 8.86. The van der Waals surface area contributed by atoms with Gasteiger partial charge in [-0.25, -0.2) is 0 Å². The van der Waals surface area contributed by atoms with Gasteiger partial charge in [0.05, 0.1) is 11.4 Å². The highest BCUT2D eigenvalue weighted by Gasteiger charge is 2.34. The number of carbonyl (C=O) groups excluding carboxylic acids is 1. The molecule has 5 heteroatoms. The van der Waals surface area contributed by atoms with Gasteiger partial charge in [-0.15, -0.1) is 0 Å². The van der Waals surface area contributed by atoms with Crippen LogP contribution in [0.25, 0.3) is 0 Å². The molecule has 1 aromatic rings. The van der Waals surface area contributed by atoms with Crippen molar-refractivity contribution in [3.05, 3.63) is 18.2 Å². The van der Waals surface area contributed by atoms with E-state index >= 15 is 0 Å². The Hall–Kier alpha value is -1.75. The number of nitrogens with zero attached hydrogens (tertiary/aromatic N) is 1. The molecule has 0 aliphatic carbocycles. The number of anilines is 3. The summed E-state index contributed by atoms with van der Waals surface area (Å²) in [6.07, 6.45) is 0. The Labute approximate surface area is 93.6 Å². The number of benzene rings is 1. The summed E-state index contributed by atoms with van der Waals surface area (Å²) in [5, 5.41) is 6.13. The smallest absolute Gasteiger partial charge is 0.248 e. The van der Waals surface area contributed by atoms with Gasteiger partial charge in [-0.2, -0.15) is 0 Å². The largest absolute Gasteiger partial charge is 0.399 e. The average molecular weight is 218 g/mol. The molecule has 0 spiro atoms. The Morgan fingerprint density at radius 3 is 3.19 bits per heavy atom. The number of hydrogen-bond acceptors (Lipinski definition) is 4. The van der Waals surface area contributed by atoms with Gasteiger partial charge in [0.15, 0.2) is 0 Å². The first kappa shape index (κ1) is 9.47. The highest BCUT2D eigenvalue weighted by Crippen LogP contribution is 2.33. The number of piperazine rings is 1. The Balaban J connectivity index is 2.06. The maximum Gasteiger partial charge on any atom is 0.248 e. The molecule has 1 saturated heterocycles. The van der Waals surface area contributed by atoms with Crippen molar-refractivity contribution >= 4 is 23.0 Å². The molecule has 16 heavy (non-hydrogen) atoms. The van der Waals surface area contributed by atoms with E-state index in [1.165, 1.54) is 0 Å². The molecule has 2 heterocycles. The van der Waals surface area contributed by atoms with Crippen LogP contribution in [0.15, 0.2) is 18.2 Å². The van der Waals surface area contributed by atoms with Crippen LogP contribution in [-0.4, -0.2) is 31.6 Å². The van der Waals surface area contributed by atoms with Gasteiger partial charge in [0, 0.05) is 25.3 Å². The van der Waals surface area contributed by atoms with Crippen LogP contribution in [0.1, 0.15) is 0 Å². The third kappa shape index (κ3) is 1.32. The van der Waals surface area contributed by atoms with Crippen LogP contribution in [0.3, 0.4) is 0 Å². The Bertz CT molecular complexity index is 446. The zero-order chi connectivity index (χ0) is 11.1. The fraction of sp³-hybridized carbons (Fsp3) is 0.364. The lowest BCUT2D eigenvalue weighted by Crippen LogP contribution is -2.58. The van der Waals surface area contributed by atoms with E-state index in [1.54, 1.807) is 0 Å². The predicted octanol–water partition coefficient (Wildman–Crippen LogP) is -0.000900. The minimum absolute atomic E-state index is 0.0466. The summed E-state index contributed by atoms with van der Waals surface area (Å²) in [4.78, 5) is 14.0. The van der Waals surface area contributed by atoms with Gasteiger partial charge in [-0.1, -0.05) is 0 Å². The van der Waals surface area contributed by atoms with Gasteiger partial charge < -0.3 is 21.3 Å². The molecule has 4 N–H and O–H groups in total. The standard InChI is InChI=1S/C11H14N4O/c12-7-1-2-9-8(5-7)14-11(16)10-6-13-3-4-15(9)10/h1-2,5,10,13H,3-4,6,12H2,(H,14,16). The third-order valence-electron chi connectivity index (χ3n) is 3.13. The first-order valence-electron chi connectivity index (χ1n) is 5.43. The average Bonchev–Trinajstić information content (AvgIpc) is 2.29. The van der Waals surface area contributed by atoms with Gasteiger partial charge in [0.1, 0.15) is 6.04 Å². The molecule has 3 rings (SSSR count). The van der Waals surface area contributed by atoms with Crippen molar-refractivity contribution in [1.82, 2.24) is 5.32 Å². The highest BCUT2D eigenvalue weighted by molar-refractivity contribution is 6.04. The fourth-order valence-electron chi connectivity index (χ4n) is 2.35. The van der Waals surface area contributed by atoms with Gasteiger partial charge in [-0.05, 0) is 18.2 Å². The lowest BCUT2D eigenvalue weighted by Gasteiger charge is -2.41. The maximum absolute atomic E-state index is 11.9. The van der Waals surface area contributed by atoms with Crippen molar-refractivity contribution < 1.29 is 4.79 Å². The van der Waals surface area contributed by atoms with Gasteiger partial charge in [0.25, 0.3) is 0 Å². The monoisotopic (exact) mass is 218 g/mol. The number of carbonyl (C=O) groups is 1. The second-order valence-corrected chi connectivity index (χ2v) is 4.18. The third-order valence-corrected chi connectivity index (χ3v) is 3.13. The van der Waals surface area contributed by atoms with Crippen LogP contribution < -0.4 is 21.3 Å². The molecule has 0 aromatic heterocycles. The van der Waals surface area contributed by atoms with Crippen molar-refractivity contribution in [3.63, 3.8) is 0 Å². The van der Waals surface area contributed by atoms with E-state index in [2.05, 4.69) is 15.5 Å². The van der Waals surface area contributed by atoms with Gasteiger partial charge in [-0.3, -0.25) is 4.79 Å². The van der Waals surface area contributed by atoms with E-state index in [4.69, 9.17) is 5.73 Å². The Kier molecular flexibility index (Phi) is 2.00. The molecule has 1 atom stereocenters. The summed E-state index contributed by atoms with van der Waals surface area (Å²) in [5.41, 5.74) is 8.28. The molecule has 1 aromatic carbocycles. The second kappa shape index (κ2) is 3.38. The molecule has 1 fully saturated rings. The van der Waals surface area contributed by atoms with Crippen LogP contribution in [0, 0.1) is 0 Å². The summed E-state index contributed by atoms with van der Waals surface area (Å²) in [5.74, 6) is 0.0466. The van der Waals surface area contributed by atoms with Crippen LogP contribution >= 0.6 is 0 Å². The normalized spacial score (nSPS) is 23.4. The molecular formula is C11H14N4O. The number of nitrogens with two attached hydrogens (primary N) is 1. The van der Waals surface area contributed by atoms with Crippen LogP contribution in [0.4, 0.5) is 17.1 Å².